The predicted octanol–water partition coefficient (Wildman–Crippen LogP) is 5.42. The second kappa shape index (κ2) is 6.27. The van der Waals surface area contributed by atoms with Gasteiger partial charge in [0.1, 0.15) is 0 Å². The van der Waals surface area contributed by atoms with Crippen LogP contribution in [0.3, 0.4) is 0 Å². The first kappa shape index (κ1) is 12.8. The molecule has 1 radical (unpaired) electrons. The van der Waals surface area contributed by atoms with Crippen LogP contribution in [0, 0.1) is 5.92 Å². The van der Waals surface area contributed by atoms with Crippen LogP contribution in [0.1, 0.15) is 63.4 Å². The Morgan fingerprint density at radius 1 is 0.789 bits per heavy atom. The zero-order chi connectivity index (χ0) is 12.9. The van der Waals surface area contributed by atoms with E-state index in [-0.39, 0.29) is 0 Å². The third kappa shape index (κ3) is 3.20. The Hall–Kier alpha value is -1.24. The normalized spacial score (nSPS) is 21.4. The third-order valence-electron chi connectivity index (χ3n) is 4.51. The molecule has 1 heteroatoms. The van der Waals surface area contributed by atoms with E-state index in [2.05, 4.69) is 30.3 Å². The largest absolute Gasteiger partial charge is 0.253 e. The molecule has 0 N–H and O–H groups in total. The Kier molecular flexibility index (Phi) is 4.22. The SMILES string of the molecule is C1=C(C2CCCCCCCCC2)[N]c2ccccc21. The average Bonchev–Trinajstić information content (AvgIpc) is 2.88. The number of fused-ring (bicyclic) bond motifs is 1. The highest BCUT2D eigenvalue weighted by Crippen LogP contribution is 2.35. The van der Waals surface area contributed by atoms with Crippen molar-refractivity contribution in [1.82, 2.24) is 5.32 Å². The lowest BCUT2D eigenvalue weighted by Crippen LogP contribution is -2.09. The van der Waals surface area contributed by atoms with E-state index in [4.69, 9.17) is 5.32 Å². The highest BCUT2D eigenvalue weighted by atomic mass is 14.9. The highest BCUT2D eigenvalue weighted by molar-refractivity contribution is 5.71. The fraction of sp³-hybridized carbons (Fsp3) is 0.556. The monoisotopic (exact) mass is 254 g/mol. The van der Waals surface area contributed by atoms with Gasteiger partial charge in [-0.1, -0.05) is 63.1 Å². The summed E-state index contributed by atoms with van der Waals surface area (Å²) >= 11 is 0. The summed E-state index contributed by atoms with van der Waals surface area (Å²) in [5.74, 6) is 0.700. The Morgan fingerprint density at radius 3 is 2.11 bits per heavy atom. The smallest absolute Gasteiger partial charge is 0.0706 e. The minimum atomic E-state index is 0.700. The van der Waals surface area contributed by atoms with Gasteiger partial charge < -0.3 is 0 Å². The van der Waals surface area contributed by atoms with Crippen molar-refractivity contribution in [2.24, 2.45) is 5.92 Å². The summed E-state index contributed by atoms with van der Waals surface area (Å²) in [6.07, 6.45) is 14.9. The van der Waals surface area contributed by atoms with Gasteiger partial charge in [-0.3, -0.25) is 5.32 Å². The molecule has 0 atom stereocenters. The zero-order valence-corrected chi connectivity index (χ0v) is 11.8. The van der Waals surface area contributed by atoms with Crippen molar-refractivity contribution in [2.45, 2.75) is 57.8 Å². The molecule has 2 aliphatic rings. The molecular formula is C18H24N. The van der Waals surface area contributed by atoms with E-state index < -0.39 is 0 Å². The van der Waals surface area contributed by atoms with E-state index in [1.54, 1.807) is 0 Å². The molecule has 0 unspecified atom stereocenters. The van der Waals surface area contributed by atoms with Gasteiger partial charge in [0.15, 0.2) is 0 Å². The van der Waals surface area contributed by atoms with Gasteiger partial charge in [0.2, 0.25) is 0 Å². The number of rotatable bonds is 1. The molecule has 1 nitrogen and oxygen atoms in total. The van der Waals surface area contributed by atoms with Crippen LogP contribution in [-0.2, 0) is 0 Å². The maximum Gasteiger partial charge on any atom is 0.0706 e. The van der Waals surface area contributed by atoms with Gasteiger partial charge in [0.25, 0.3) is 0 Å². The number of hydrogen-bond acceptors (Lipinski definition) is 0. The third-order valence-corrected chi connectivity index (χ3v) is 4.51. The second-order valence-corrected chi connectivity index (χ2v) is 5.99. The van der Waals surface area contributed by atoms with Crippen molar-refractivity contribution in [3.8, 4) is 0 Å². The van der Waals surface area contributed by atoms with Crippen LogP contribution in [0.2, 0.25) is 0 Å². The Bertz CT molecular complexity index is 437. The summed E-state index contributed by atoms with van der Waals surface area (Å²) in [6, 6.07) is 8.53. The van der Waals surface area contributed by atoms with E-state index in [1.807, 2.05) is 0 Å². The molecule has 101 valence electrons. The molecule has 1 aromatic carbocycles. The summed E-state index contributed by atoms with van der Waals surface area (Å²) in [5.41, 5.74) is 3.84. The first-order chi connectivity index (χ1) is 9.43. The second-order valence-electron chi connectivity index (χ2n) is 5.99. The van der Waals surface area contributed by atoms with Gasteiger partial charge in [-0.25, -0.2) is 0 Å². The maximum atomic E-state index is 4.86. The molecule has 0 saturated heterocycles. The van der Waals surface area contributed by atoms with Crippen LogP contribution in [-0.4, -0.2) is 0 Å². The number of allylic oxidation sites excluding steroid dienone is 1. The fourth-order valence-electron chi connectivity index (χ4n) is 3.36. The van der Waals surface area contributed by atoms with Gasteiger partial charge in [-0.15, -0.1) is 0 Å². The first-order valence-corrected chi connectivity index (χ1v) is 7.96. The summed E-state index contributed by atoms with van der Waals surface area (Å²) in [6.45, 7) is 0. The summed E-state index contributed by atoms with van der Waals surface area (Å²) in [7, 11) is 0. The molecule has 1 fully saturated rings. The zero-order valence-electron chi connectivity index (χ0n) is 11.8. The van der Waals surface area contributed by atoms with Gasteiger partial charge in [0, 0.05) is 17.2 Å². The van der Waals surface area contributed by atoms with Crippen LogP contribution in [0.25, 0.3) is 6.08 Å². The number of para-hydroxylation sites is 1. The number of benzene rings is 1. The lowest BCUT2D eigenvalue weighted by Gasteiger charge is -2.19. The molecular weight excluding hydrogens is 230 g/mol. The standard InChI is InChI=1S/C18H24N/c1-2-4-6-10-15(11-7-5-3-1)18-14-16-12-8-9-13-17(16)19-18/h8-9,12-15H,1-7,10-11H2. The first-order valence-electron chi connectivity index (χ1n) is 7.96. The molecule has 1 saturated carbocycles. The lowest BCUT2D eigenvalue weighted by molar-refractivity contribution is 0.423. The van der Waals surface area contributed by atoms with Gasteiger partial charge in [-0.2, -0.15) is 0 Å². The minimum Gasteiger partial charge on any atom is -0.253 e. The number of hydrogen-bond donors (Lipinski definition) is 0. The minimum absolute atomic E-state index is 0.700. The van der Waals surface area contributed by atoms with E-state index in [9.17, 15) is 0 Å². The fourth-order valence-corrected chi connectivity index (χ4v) is 3.36. The van der Waals surface area contributed by atoms with E-state index in [1.165, 1.54) is 74.7 Å². The average molecular weight is 254 g/mol. The highest BCUT2D eigenvalue weighted by Gasteiger charge is 2.21. The molecule has 0 aromatic heterocycles. The van der Waals surface area contributed by atoms with E-state index >= 15 is 0 Å². The Labute approximate surface area is 117 Å². The van der Waals surface area contributed by atoms with Crippen LogP contribution in [0.4, 0.5) is 5.69 Å². The van der Waals surface area contributed by atoms with E-state index in [0.717, 1.165) is 0 Å². The van der Waals surface area contributed by atoms with Gasteiger partial charge >= 0.3 is 0 Å². The molecule has 1 heterocycles. The molecule has 0 spiro atoms. The van der Waals surface area contributed by atoms with Crippen molar-refractivity contribution >= 4 is 11.8 Å². The van der Waals surface area contributed by atoms with E-state index in [0.29, 0.717) is 5.92 Å². The van der Waals surface area contributed by atoms with Gasteiger partial charge in [-0.05, 0) is 25.0 Å². The molecule has 0 amide bonds. The van der Waals surface area contributed by atoms with Crippen molar-refractivity contribution in [1.29, 1.82) is 0 Å². The summed E-state index contributed by atoms with van der Waals surface area (Å²) in [4.78, 5) is 0. The van der Waals surface area contributed by atoms with Crippen molar-refractivity contribution in [2.75, 3.05) is 0 Å². The van der Waals surface area contributed by atoms with Crippen molar-refractivity contribution < 1.29 is 0 Å². The molecule has 1 aliphatic heterocycles. The summed E-state index contributed by atoms with van der Waals surface area (Å²) < 4.78 is 0. The lowest BCUT2D eigenvalue weighted by atomic mass is 9.90. The maximum absolute atomic E-state index is 4.86. The van der Waals surface area contributed by atoms with Crippen LogP contribution in [0.5, 0.6) is 0 Å². The predicted molar refractivity (Wildman–Crippen MR) is 81.3 cm³/mol. The van der Waals surface area contributed by atoms with Crippen molar-refractivity contribution in [3.05, 3.63) is 35.5 Å². The molecule has 1 aromatic rings. The van der Waals surface area contributed by atoms with Crippen LogP contribution in [0.15, 0.2) is 30.0 Å². The molecule has 19 heavy (non-hydrogen) atoms. The van der Waals surface area contributed by atoms with Gasteiger partial charge in [0.05, 0.1) is 5.69 Å². The Balaban J connectivity index is 1.67. The molecule has 0 bridgehead atoms. The Morgan fingerprint density at radius 2 is 1.42 bits per heavy atom. The molecule has 1 aliphatic carbocycles. The quantitative estimate of drug-likeness (QED) is 0.635. The van der Waals surface area contributed by atoms with Crippen LogP contribution < -0.4 is 5.32 Å². The number of nitrogens with zero attached hydrogens (tertiary/aromatic N) is 1. The molecule has 3 rings (SSSR count). The summed E-state index contributed by atoms with van der Waals surface area (Å²) in [5, 5.41) is 4.86. The topological polar surface area (TPSA) is 14.1 Å². The van der Waals surface area contributed by atoms with Crippen LogP contribution >= 0.6 is 0 Å². The van der Waals surface area contributed by atoms with Crippen molar-refractivity contribution in [3.63, 3.8) is 0 Å².